The summed E-state index contributed by atoms with van der Waals surface area (Å²) in [6, 6.07) is 0.146. The van der Waals surface area contributed by atoms with Crippen molar-refractivity contribution in [3.63, 3.8) is 0 Å². The Balaban J connectivity index is 3.49. The second-order valence-corrected chi connectivity index (χ2v) is 2.70. The number of amides is 1. The standard InChI is InChI=1S/C8H17NO2/c1-3-5-6-7(4-2)9-8(10)11/h7,9H,3-6H2,1-2H3,(H,10,11). The quantitative estimate of drug-likeness (QED) is 0.646. The lowest BCUT2D eigenvalue weighted by Crippen LogP contribution is -2.32. The molecule has 0 spiro atoms. The third-order valence-electron chi connectivity index (χ3n) is 1.73. The van der Waals surface area contributed by atoms with Gasteiger partial charge < -0.3 is 10.4 Å². The van der Waals surface area contributed by atoms with Crippen molar-refractivity contribution in [2.75, 3.05) is 0 Å². The van der Waals surface area contributed by atoms with Gasteiger partial charge in [0.15, 0.2) is 0 Å². The molecule has 11 heavy (non-hydrogen) atoms. The molecule has 0 bridgehead atoms. The van der Waals surface area contributed by atoms with E-state index in [1.807, 2.05) is 6.92 Å². The number of nitrogens with one attached hydrogen (secondary N) is 1. The molecule has 0 fully saturated rings. The Labute approximate surface area is 67.8 Å². The Morgan fingerprint density at radius 3 is 2.55 bits per heavy atom. The largest absolute Gasteiger partial charge is 0.465 e. The summed E-state index contributed by atoms with van der Waals surface area (Å²) in [5.74, 6) is 0. The van der Waals surface area contributed by atoms with E-state index in [1.165, 1.54) is 0 Å². The van der Waals surface area contributed by atoms with Crippen LogP contribution in [0.15, 0.2) is 0 Å². The first kappa shape index (κ1) is 10.3. The first-order chi connectivity index (χ1) is 5.20. The second-order valence-electron chi connectivity index (χ2n) is 2.70. The monoisotopic (exact) mass is 159 g/mol. The number of carbonyl (C=O) groups is 1. The summed E-state index contributed by atoms with van der Waals surface area (Å²) in [4.78, 5) is 10.2. The van der Waals surface area contributed by atoms with Crippen molar-refractivity contribution in [1.82, 2.24) is 5.32 Å². The molecule has 0 aliphatic heterocycles. The molecule has 0 aromatic carbocycles. The highest BCUT2D eigenvalue weighted by Gasteiger charge is 2.06. The summed E-state index contributed by atoms with van der Waals surface area (Å²) in [5.41, 5.74) is 0. The molecule has 1 atom stereocenters. The van der Waals surface area contributed by atoms with Crippen LogP contribution in [-0.4, -0.2) is 17.2 Å². The fourth-order valence-electron chi connectivity index (χ4n) is 1.00. The third kappa shape index (κ3) is 5.70. The molecule has 66 valence electrons. The molecule has 0 heterocycles. The highest BCUT2D eigenvalue weighted by Crippen LogP contribution is 2.03. The number of hydrogen-bond acceptors (Lipinski definition) is 1. The van der Waals surface area contributed by atoms with Crippen LogP contribution in [0.2, 0.25) is 0 Å². The normalized spacial score (nSPS) is 12.5. The van der Waals surface area contributed by atoms with Crippen LogP contribution in [-0.2, 0) is 0 Å². The summed E-state index contributed by atoms with van der Waals surface area (Å²) in [6.07, 6.45) is 3.15. The van der Waals surface area contributed by atoms with Crippen LogP contribution in [0.5, 0.6) is 0 Å². The fraction of sp³-hybridized carbons (Fsp3) is 0.875. The lowest BCUT2D eigenvalue weighted by molar-refractivity contribution is 0.188. The van der Waals surface area contributed by atoms with E-state index in [0.717, 1.165) is 25.7 Å². The van der Waals surface area contributed by atoms with E-state index in [1.54, 1.807) is 0 Å². The molecule has 0 saturated heterocycles. The van der Waals surface area contributed by atoms with Gasteiger partial charge in [0, 0.05) is 6.04 Å². The molecule has 3 nitrogen and oxygen atoms in total. The third-order valence-corrected chi connectivity index (χ3v) is 1.73. The van der Waals surface area contributed by atoms with Crippen molar-refractivity contribution < 1.29 is 9.90 Å². The van der Waals surface area contributed by atoms with Crippen molar-refractivity contribution in [3.05, 3.63) is 0 Å². The van der Waals surface area contributed by atoms with Gasteiger partial charge in [0.05, 0.1) is 0 Å². The summed E-state index contributed by atoms with van der Waals surface area (Å²) < 4.78 is 0. The van der Waals surface area contributed by atoms with Gasteiger partial charge in [-0.2, -0.15) is 0 Å². The van der Waals surface area contributed by atoms with Gasteiger partial charge in [0.2, 0.25) is 0 Å². The van der Waals surface area contributed by atoms with Gasteiger partial charge in [0.25, 0.3) is 0 Å². The summed E-state index contributed by atoms with van der Waals surface area (Å²) in [5, 5.41) is 10.9. The molecular weight excluding hydrogens is 142 g/mol. The van der Waals surface area contributed by atoms with Crippen LogP contribution in [0.1, 0.15) is 39.5 Å². The van der Waals surface area contributed by atoms with Crippen molar-refractivity contribution in [3.8, 4) is 0 Å². The van der Waals surface area contributed by atoms with E-state index in [9.17, 15) is 4.79 Å². The Morgan fingerprint density at radius 2 is 2.18 bits per heavy atom. The Morgan fingerprint density at radius 1 is 1.55 bits per heavy atom. The van der Waals surface area contributed by atoms with Crippen molar-refractivity contribution in [1.29, 1.82) is 0 Å². The van der Waals surface area contributed by atoms with Gasteiger partial charge in [-0.05, 0) is 12.8 Å². The molecule has 0 aromatic heterocycles. The van der Waals surface area contributed by atoms with Crippen LogP contribution in [0.3, 0.4) is 0 Å². The highest BCUT2D eigenvalue weighted by atomic mass is 16.4. The minimum atomic E-state index is -0.909. The topological polar surface area (TPSA) is 49.3 Å². The van der Waals surface area contributed by atoms with E-state index in [-0.39, 0.29) is 6.04 Å². The molecule has 0 aliphatic rings. The Bertz CT molecular complexity index is 115. The van der Waals surface area contributed by atoms with E-state index < -0.39 is 6.09 Å². The van der Waals surface area contributed by atoms with Gasteiger partial charge >= 0.3 is 6.09 Å². The van der Waals surface area contributed by atoms with Crippen LogP contribution in [0.25, 0.3) is 0 Å². The van der Waals surface area contributed by atoms with E-state index in [4.69, 9.17) is 5.11 Å². The van der Waals surface area contributed by atoms with Gasteiger partial charge in [-0.15, -0.1) is 0 Å². The van der Waals surface area contributed by atoms with Gasteiger partial charge in [-0.1, -0.05) is 26.7 Å². The van der Waals surface area contributed by atoms with Crippen LogP contribution < -0.4 is 5.32 Å². The number of rotatable bonds is 5. The van der Waals surface area contributed by atoms with Gasteiger partial charge in [0.1, 0.15) is 0 Å². The molecule has 2 N–H and O–H groups in total. The smallest absolute Gasteiger partial charge is 0.404 e. The van der Waals surface area contributed by atoms with E-state index in [2.05, 4.69) is 12.2 Å². The average molecular weight is 159 g/mol. The first-order valence-corrected chi connectivity index (χ1v) is 4.20. The SMILES string of the molecule is CCCCC(CC)NC(=O)O. The molecule has 1 unspecified atom stereocenters. The maximum Gasteiger partial charge on any atom is 0.404 e. The lowest BCUT2D eigenvalue weighted by atomic mass is 10.1. The molecule has 3 heteroatoms. The minimum absolute atomic E-state index is 0.146. The number of carboxylic acid groups (broad SMARTS) is 1. The summed E-state index contributed by atoms with van der Waals surface area (Å²) in [6.45, 7) is 4.10. The second kappa shape index (κ2) is 6.01. The number of hydrogen-bond donors (Lipinski definition) is 2. The predicted molar refractivity (Wildman–Crippen MR) is 44.8 cm³/mol. The van der Waals surface area contributed by atoms with Crippen LogP contribution in [0, 0.1) is 0 Å². The summed E-state index contributed by atoms with van der Waals surface area (Å²) >= 11 is 0. The molecule has 0 aliphatic carbocycles. The molecule has 0 rings (SSSR count). The average Bonchev–Trinajstić information content (AvgIpc) is 1.97. The number of unbranched alkanes of at least 4 members (excludes halogenated alkanes) is 1. The van der Waals surface area contributed by atoms with Crippen molar-refractivity contribution >= 4 is 6.09 Å². The van der Waals surface area contributed by atoms with Crippen LogP contribution >= 0.6 is 0 Å². The predicted octanol–water partition coefficient (Wildman–Crippen LogP) is 2.22. The van der Waals surface area contributed by atoms with E-state index >= 15 is 0 Å². The lowest BCUT2D eigenvalue weighted by Gasteiger charge is -2.13. The van der Waals surface area contributed by atoms with E-state index in [0.29, 0.717) is 0 Å². The molecule has 0 aromatic rings. The molecule has 0 saturated carbocycles. The summed E-state index contributed by atoms with van der Waals surface area (Å²) in [7, 11) is 0. The fourth-order valence-corrected chi connectivity index (χ4v) is 1.00. The Hall–Kier alpha value is -0.730. The van der Waals surface area contributed by atoms with Crippen molar-refractivity contribution in [2.24, 2.45) is 0 Å². The van der Waals surface area contributed by atoms with Gasteiger partial charge in [-0.3, -0.25) is 0 Å². The van der Waals surface area contributed by atoms with Crippen LogP contribution in [0.4, 0.5) is 4.79 Å². The zero-order chi connectivity index (χ0) is 8.69. The molecular formula is C8H17NO2. The maximum absolute atomic E-state index is 10.2. The zero-order valence-corrected chi connectivity index (χ0v) is 7.26. The minimum Gasteiger partial charge on any atom is -0.465 e. The highest BCUT2D eigenvalue weighted by molar-refractivity contribution is 5.64. The van der Waals surface area contributed by atoms with Crippen molar-refractivity contribution in [2.45, 2.75) is 45.6 Å². The van der Waals surface area contributed by atoms with Gasteiger partial charge in [-0.25, -0.2) is 4.79 Å². The molecule has 0 radical (unpaired) electrons. The molecule has 1 amide bonds. The first-order valence-electron chi connectivity index (χ1n) is 4.20. The Kier molecular flexibility index (Phi) is 5.61. The zero-order valence-electron chi connectivity index (χ0n) is 7.26. The maximum atomic E-state index is 10.2.